The number of nitrogens with zero attached hydrogens (tertiary/aromatic N) is 1. The van der Waals surface area contributed by atoms with Gasteiger partial charge in [-0.2, -0.15) is 0 Å². The third-order valence-corrected chi connectivity index (χ3v) is 2.04. The molecular weight excluding hydrogens is 171 g/mol. The van der Waals surface area contributed by atoms with Crippen LogP contribution >= 0.6 is 0 Å². The zero-order valence-electron chi connectivity index (χ0n) is 7.16. The number of hydrogen-bond acceptors (Lipinski definition) is 3. The van der Waals surface area contributed by atoms with Crippen LogP contribution in [0, 0.1) is 5.82 Å². The Hall–Kier alpha value is -1.00. The number of ether oxygens (including phenoxy) is 1. The molecule has 1 aliphatic rings. The predicted octanol–water partition coefficient (Wildman–Crippen LogP) is 0.882. The van der Waals surface area contributed by atoms with E-state index in [9.17, 15) is 4.39 Å². The van der Waals surface area contributed by atoms with Crippen molar-refractivity contribution in [1.82, 2.24) is 10.3 Å². The van der Waals surface area contributed by atoms with Crippen LogP contribution in [-0.2, 0) is 4.74 Å². The van der Waals surface area contributed by atoms with Gasteiger partial charge >= 0.3 is 0 Å². The Morgan fingerprint density at radius 3 is 3.23 bits per heavy atom. The van der Waals surface area contributed by atoms with Gasteiger partial charge in [0.2, 0.25) is 0 Å². The second kappa shape index (κ2) is 3.81. The van der Waals surface area contributed by atoms with E-state index >= 15 is 0 Å². The Balaban J connectivity index is 2.18. The second-order valence-electron chi connectivity index (χ2n) is 2.95. The minimum absolute atomic E-state index is 0.102. The molecule has 1 aromatic rings. The summed E-state index contributed by atoms with van der Waals surface area (Å²) in [6, 6.07) is 2.90. The fourth-order valence-corrected chi connectivity index (χ4v) is 1.40. The van der Waals surface area contributed by atoms with Crippen molar-refractivity contribution in [3.63, 3.8) is 0 Å². The van der Waals surface area contributed by atoms with E-state index < -0.39 is 0 Å². The second-order valence-corrected chi connectivity index (χ2v) is 2.95. The maximum absolute atomic E-state index is 13.2. The first-order chi connectivity index (χ1) is 6.38. The number of hydrogen-bond donors (Lipinski definition) is 1. The van der Waals surface area contributed by atoms with E-state index in [1.165, 1.54) is 6.07 Å². The summed E-state index contributed by atoms with van der Waals surface area (Å²) in [5, 5.41) is 3.15. The van der Waals surface area contributed by atoms with Crippen molar-refractivity contribution in [2.75, 3.05) is 19.8 Å². The number of aromatic nitrogens is 1. The molecule has 1 aromatic heterocycles. The molecule has 0 bridgehead atoms. The number of morpholine rings is 1. The Kier molecular flexibility index (Phi) is 2.52. The van der Waals surface area contributed by atoms with Crippen LogP contribution in [0.5, 0.6) is 0 Å². The van der Waals surface area contributed by atoms with Crippen LogP contribution in [0.1, 0.15) is 11.7 Å². The van der Waals surface area contributed by atoms with Gasteiger partial charge in [-0.15, -0.1) is 0 Å². The van der Waals surface area contributed by atoms with Gasteiger partial charge in [-0.25, -0.2) is 4.39 Å². The fourth-order valence-electron chi connectivity index (χ4n) is 1.40. The maximum atomic E-state index is 13.2. The van der Waals surface area contributed by atoms with Crippen LogP contribution < -0.4 is 5.32 Å². The fraction of sp³-hybridized carbons (Fsp3) is 0.444. The maximum Gasteiger partial charge on any atom is 0.146 e. The lowest BCUT2D eigenvalue weighted by molar-refractivity contribution is 0.0743. The highest BCUT2D eigenvalue weighted by atomic mass is 19.1. The summed E-state index contributed by atoms with van der Waals surface area (Å²) in [4.78, 5) is 3.98. The van der Waals surface area contributed by atoms with Crippen LogP contribution in [0.25, 0.3) is 0 Å². The quantitative estimate of drug-likeness (QED) is 0.700. The lowest BCUT2D eigenvalue weighted by atomic mass is 10.2. The number of pyridine rings is 1. The van der Waals surface area contributed by atoms with Gasteiger partial charge in [0.05, 0.1) is 24.9 Å². The SMILES string of the molecule is Fc1cccnc1[C@H]1COCCN1. The van der Waals surface area contributed by atoms with Gasteiger partial charge < -0.3 is 10.1 Å². The third kappa shape index (κ3) is 1.84. The number of nitrogens with one attached hydrogen (secondary N) is 1. The van der Waals surface area contributed by atoms with Gasteiger partial charge in [0.15, 0.2) is 0 Å². The molecule has 1 atom stereocenters. The molecule has 0 unspecified atom stereocenters. The Bertz CT molecular complexity index is 287. The van der Waals surface area contributed by atoms with Crippen molar-refractivity contribution in [2.45, 2.75) is 6.04 Å². The Morgan fingerprint density at radius 2 is 2.54 bits per heavy atom. The van der Waals surface area contributed by atoms with Crippen molar-refractivity contribution in [2.24, 2.45) is 0 Å². The largest absolute Gasteiger partial charge is 0.378 e. The number of rotatable bonds is 1. The summed E-state index contributed by atoms with van der Waals surface area (Å²) in [6.07, 6.45) is 1.59. The molecular formula is C9H11FN2O. The Morgan fingerprint density at radius 1 is 1.62 bits per heavy atom. The zero-order valence-corrected chi connectivity index (χ0v) is 7.16. The molecule has 13 heavy (non-hydrogen) atoms. The van der Waals surface area contributed by atoms with Gasteiger partial charge in [-0.3, -0.25) is 4.98 Å². The normalized spacial score (nSPS) is 23.0. The van der Waals surface area contributed by atoms with Crippen molar-refractivity contribution >= 4 is 0 Å². The summed E-state index contributed by atoms with van der Waals surface area (Å²) in [7, 11) is 0. The van der Waals surface area contributed by atoms with Crippen LogP contribution in [-0.4, -0.2) is 24.7 Å². The first-order valence-electron chi connectivity index (χ1n) is 4.29. The monoisotopic (exact) mass is 182 g/mol. The van der Waals surface area contributed by atoms with E-state index in [1.54, 1.807) is 12.3 Å². The number of halogens is 1. The van der Waals surface area contributed by atoms with Crippen LogP contribution in [0.15, 0.2) is 18.3 Å². The minimum Gasteiger partial charge on any atom is -0.378 e. The van der Waals surface area contributed by atoms with E-state index in [-0.39, 0.29) is 11.9 Å². The molecule has 0 amide bonds. The van der Waals surface area contributed by atoms with Crippen molar-refractivity contribution in [1.29, 1.82) is 0 Å². The van der Waals surface area contributed by atoms with Crippen molar-refractivity contribution in [3.8, 4) is 0 Å². The van der Waals surface area contributed by atoms with Crippen molar-refractivity contribution in [3.05, 3.63) is 29.8 Å². The van der Waals surface area contributed by atoms with Crippen LogP contribution in [0.3, 0.4) is 0 Å². The molecule has 70 valence electrons. The van der Waals surface area contributed by atoms with Gasteiger partial charge in [0.25, 0.3) is 0 Å². The smallest absolute Gasteiger partial charge is 0.146 e. The molecule has 0 aromatic carbocycles. The highest BCUT2D eigenvalue weighted by Gasteiger charge is 2.19. The lowest BCUT2D eigenvalue weighted by Gasteiger charge is -2.23. The molecule has 2 rings (SSSR count). The molecule has 4 heteroatoms. The zero-order chi connectivity index (χ0) is 9.10. The molecule has 1 N–H and O–H groups in total. The standard InChI is InChI=1S/C9H11FN2O/c10-7-2-1-3-12-9(7)8-6-13-5-4-11-8/h1-3,8,11H,4-6H2/t8-/m1/s1. The van der Waals surface area contributed by atoms with Gasteiger partial charge in [0.1, 0.15) is 5.82 Å². The van der Waals surface area contributed by atoms with E-state index in [0.717, 1.165) is 6.54 Å². The topological polar surface area (TPSA) is 34.1 Å². The summed E-state index contributed by atoms with van der Waals surface area (Å²) < 4.78 is 18.4. The molecule has 0 aliphatic carbocycles. The molecule has 3 nitrogen and oxygen atoms in total. The van der Waals surface area contributed by atoms with E-state index in [0.29, 0.717) is 18.9 Å². The molecule has 1 saturated heterocycles. The molecule has 0 radical (unpaired) electrons. The lowest BCUT2D eigenvalue weighted by Crippen LogP contribution is -2.35. The summed E-state index contributed by atoms with van der Waals surface area (Å²) in [5.41, 5.74) is 0.446. The van der Waals surface area contributed by atoms with Gasteiger partial charge in [0, 0.05) is 12.7 Å². The van der Waals surface area contributed by atoms with E-state index in [2.05, 4.69) is 10.3 Å². The molecule has 2 heterocycles. The van der Waals surface area contributed by atoms with E-state index in [4.69, 9.17) is 4.74 Å². The first kappa shape index (κ1) is 8.59. The highest BCUT2D eigenvalue weighted by Crippen LogP contribution is 2.15. The predicted molar refractivity (Wildman–Crippen MR) is 45.8 cm³/mol. The van der Waals surface area contributed by atoms with Crippen molar-refractivity contribution < 1.29 is 9.13 Å². The molecule has 0 spiro atoms. The van der Waals surface area contributed by atoms with Gasteiger partial charge in [-0.1, -0.05) is 0 Å². The van der Waals surface area contributed by atoms with E-state index in [1.807, 2.05) is 0 Å². The minimum atomic E-state index is -0.273. The summed E-state index contributed by atoms with van der Waals surface area (Å²) >= 11 is 0. The van der Waals surface area contributed by atoms with Gasteiger partial charge in [-0.05, 0) is 12.1 Å². The molecule has 0 saturated carbocycles. The summed E-state index contributed by atoms with van der Waals surface area (Å²) in [6.45, 7) is 1.93. The third-order valence-electron chi connectivity index (χ3n) is 2.04. The first-order valence-corrected chi connectivity index (χ1v) is 4.29. The molecule has 1 aliphatic heterocycles. The molecule has 1 fully saturated rings. The van der Waals surface area contributed by atoms with Crippen LogP contribution in [0.4, 0.5) is 4.39 Å². The summed E-state index contributed by atoms with van der Waals surface area (Å²) in [5.74, 6) is -0.273. The highest BCUT2D eigenvalue weighted by molar-refractivity contribution is 5.12. The Labute approximate surface area is 75.9 Å². The van der Waals surface area contributed by atoms with Crippen LogP contribution in [0.2, 0.25) is 0 Å². The average molecular weight is 182 g/mol. The average Bonchev–Trinajstić information content (AvgIpc) is 2.20.